The van der Waals surface area contributed by atoms with Crippen molar-refractivity contribution in [2.45, 2.75) is 38.6 Å². The van der Waals surface area contributed by atoms with E-state index in [9.17, 15) is 0 Å². The lowest BCUT2D eigenvalue weighted by molar-refractivity contribution is 0.196. The minimum atomic E-state index is 0.396. The molecule has 2 N–H and O–H groups in total. The fourth-order valence-electron chi connectivity index (χ4n) is 2.74. The van der Waals surface area contributed by atoms with Crippen molar-refractivity contribution >= 4 is 6.08 Å². The van der Waals surface area contributed by atoms with Crippen LogP contribution in [0.2, 0.25) is 0 Å². The van der Waals surface area contributed by atoms with E-state index < -0.39 is 0 Å². The molecule has 2 heteroatoms. The highest BCUT2D eigenvalue weighted by Crippen LogP contribution is 2.21. The summed E-state index contributed by atoms with van der Waals surface area (Å²) < 4.78 is 0. The molecule has 0 bridgehead atoms. The third-order valence-corrected chi connectivity index (χ3v) is 4.03. The molecule has 1 fully saturated rings. The summed E-state index contributed by atoms with van der Waals surface area (Å²) in [6.07, 6.45) is 9.40. The number of nitrogens with zero attached hydrogens (tertiary/aromatic N) is 1. The minimum Gasteiger partial charge on any atom is -0.377 e. The maximum Gasteiger partial charge on any atom is 0.0215 e. The van der Waals surface area contributed by atoms with E-state index >= 15 is 0 Å². The Morgan fingerprint density at radius 2 is 2.11 bits per heavy atom. The van der Waals surface area contributed by atoms with Crippen LogP contribution < -0.4 is 5.73 Å². The highest BCUT2D eigenvalue weighted by atomic mass is 15.1. The van der Waals surface area contributed by atoms with Crippen LogP contribution in [0.3, 0.4) is 0 Å². The van der Waals surface area contributed by atoms with Gasteiger partial charge in [0.1, 0.15) is 0 Å². The molecular formula is C17H26N2. The molecule has 2 rings (SSSR count). The number of piperidine rings is 1. The van der Waals surface area contributed by atoms with E-state index in [-0.39, 0.29) is 0 Å². The largest absolute Gasteiger partial charge is 0.377 e. The van der Waals surface area contributed by atoms with Crippen LogP contribution in [-0.2, 0) is 0 Å². The lowest BCUT2D eigenvalue weighted by Crippen LogP contribution is -2.45. The number of rotatable bonds is 5. The maximum absolute atomic E-state index is 6.24. The van der Waals surface area contributed by atoms with E-state index in [0.29, 0.717) is 12.0 Å². The Morgan fingerprint density at radius 1 is 1.32 bits per heavy atom. The molecule has 0 spiro atoms. The van der Waals surface area contributed by atoms with Gasteiger partial charge in [0.15, 0.2) is 0 Å². The second kappa shape index (κ2) is 7.34. The molecule has 1 aliphatic heterocycles. The highest BCUT2D eigenvalue weighted by molar-refractivity contribution is 5.48. The molecular weight excluding hydrogens is 232 g/mol. The minimum absolute atomic E-state index is 0.396. The Hall–Kier alpha value is -1.28. The van der Waals surface area contributed by atoms with Gasteiger partial charge in [-0.25, -0.2) is 0 Å². The molecule has 1 aliphatic rings. The van der Waals surface area contributed by atoms with Crippen LogP contribution in [0.1, 0.15) is 38.2 Å². The number of hydrogen-bond donors (Lipinski definition) is 1. The molecule has 1 aromatic carbocycles. The van der Waals surface area contributed by atoms with Crippen LogP contribution in [-0.4, -0.2) is 24.0 Å². The highest BCUT2D eigenvalue weighted by Gasteiger charge is 2.24. The van der Waals surface area contributed by atoms with Crippen molar-refractivity contribution in [1.82, 2.24) is 4.90 Å². The Labute approximate surface area is 117 Å². The molecule has 2 atom stereocenters. The summed E-state index contributed by atoms with van der Waals surface area (Å²) in [5.41, 5.74) is 7.50. The Bertz CT molecular complexity index is 386. The number of likely N-dealkylation sites (tertiary alicyclic amines) is 1. The topological polar surface area (TPSA) is 29.3 Å². The number of nitrogens with two attached hydrogens (primary N) is 1. The fraction of sp³-hybridized carbons (Fsp3) is 0.529. The first kappa shape index (κ1) is 14.1. The van der Waals surface area contributed by atoms with Crippen LogP contribution in [0.25, 0.3) is 6.08 Å². The zero-order chi connectivity index (χ0) is 13.5. The van der Waals surface area contributed by atoms with Gasteiger partial charge in [0.05, 0.1) is 0 Å². The fourth-order valence-corrected chi connectivity index (χ4v) is 2.74. The standard InChI is InChI=1S/C17H26N2/c1-2-3-9-16-14-19(13-11-17(16)18)12-10-15-7-5-4-6-8-15/h4-8,10,12,16-17H,2-3,9,11,13-14,18H2,1H3/t16-,17+/m1/s1. The van der Waals surface area contributed by atoms with Crippen molar-refractivity contribution in [2.24, 2.45) is 11.7 Å². The van der Waals surface area contributed by atoms with E-state index in [1.54, 1.807) is 0 Å². The average molecular weight is 258 g/mol. The number of unbranched alkanes of at least 4 members (excludes halogenated alkanes) is 1. The van der Waals surface area contributed by atoms with Crippen molar-refractivity contribution in [3.8, 4) is 0 Å². The number of hydrogen-bond acceptors (Lipinski definition) is 2. The summed E-state index contributed by atoms with van der Waals surface area (Å²) in [7, 11) is 0. The third kappa shape index (κ3) is 4.39. The molecule has 0 unspecified atom stereocenters. The lowest BCUT2D eigenvalue weighted by atomic mass is 9.88. The van der Waals surface area contributed by atoms with Crippen LogP contribution in [0.5, 0.6) is 0 Å². The van der Waals surface area contributed by atoms with Gasteiger partial charge in [-0.15, -0.1) is 0 Å². The van der Waals surface area contributed by atoms with E-state index in [0.717, 1.165) is 19.5 Å². The smallest absolute Gasteiger partial charge is 0.0215 e. The molecule has 2 nitrogen and oxygen atoms in total. The van der Waals surface area contributed by atoms with Crippen molar-refractivity contribution in [2.75, 3.05) is 13.1 Å². The third-order valence-electron chi connectivity index (χ3n) is 4.03. The van der Waals surface area contributed by atoms with E-state index in [1.165, 1.54) is 24.8 Å². The van der Waals surface area contributed by atoms with Crippen LogP contribution in [0, 0.1) is 5.92 Å². The zero-order valence-corrected chi connectivity index (χ0v) is 12.0. The molecule has 0 amide bonds. The molecule has 1 aromatic rings. The second-order valence-corrected chi connectivity index (χ2v) is 5.58. The predicted molar refractivity (Wildman–Crippen MR) is 82.7 cm³/mol. The second-order valence-electron chi connectivity index (χ2n) is 5.58. The first-order valence-corrected chi connectivity index (χ1v) is 7.52. The molecule has 0 aromatic heterocycles. The first-order chi connectivity index (χ1) is 9.29. The Kier molecular flexibility index (Phi) is 5.46. The molecule has 19 heavy (non-hydrogen) atoms. The quantitative estimate of drug-likeness (QED) is 0.876. The molecule has 1 heterocycles. The summed E-state index contributed by atoms with van der Waals surface area (Å²) in [5.74, 6) is 0.661. The van der Waals surface area contributed by atoms with E-state index in [4.69, 9.17) is 5.73 Å². The molecule has 0 radical (unpaired) electrons. The van der Waals surface area contributed by atoms with Gasteiger partial charge in [0.25, 0.3) is 0 Å². The molecule has 0 aliphatic carbocycles. The van der Waals surface area contributed by atoms with Gasteiger partial charge in [0.2, 0.25) is 0 Å². The predicted octanol–water partition coefficient (Wildman–Crippen LogP) is 3.50. The lowest BCUT2D eigenvalue weighted by Gasteiger charge is -2.36. The van der Waals surface area contributed by atoms with Crippen molar-refractivity contribution in [3.05, 3.63) is 42.1 Å². The number of benzene rings is 1. The van der Waals surface area contributed by atoms with Gasteiger partial charge in [-0.1, -0.05) is 50.1 Å². The van der Waals surface area contributed by atoms with Crippen LogP contribution >= 0.6 is 0 Å². The summed E-state index contributed by atoms with van der Waals surface area (Å²) in [6.45, 7) is 4.46. The average Bonchev–Trinajstić information content (AvgIpc) is 2.46. The normalized spacial score (nSPS) is 24.0. The maximum atomic E-state index is 6.24. The van der Waals surface area contributed by atoms with Crippen molar-refractivity contribution in [1.29, 1.82) is 0 Å². The monoisotopic (exact) mass is 258 g/mol. The van der Waals surface area contributed by atoms with Gasteiger partial charge in [-0.2, -0.15) is 0 Å². The molecule has 1 saturated heterocycles. The van der Waals surface area contributed by atoms with Gasteiger partial charge in [-0.05, 0) is 36.6 Å². The van der Waals surface area contributed by atoms with Crippen molar-refractivity contribution < 1.29 is 0 Å². The zero-order valence-electron chi connectivity index (χ0n) is 12.0. The van der Waals surface area contributed by atoms with Gasteiger partial charge in [-0.3, -0.25) is 0 Å². The summed E-state index contributed by atoms with van der Waals surface area (Å²) >= 11 is 0. The summed E-state index contributed by atoms with van der Waals surface area (Å²) in [4.78, 5) is 2.43. The van der Waals surface area contributed by atoms with Crippen LogP contribution in [0.15, 0.2) is 36.5 Å². The van der Waals surface area contributed by atoms with Gasteiger partial charge < -0.3 is 10.6 Å². The van der Waals surface area contributed by atoms with Gasteiger partial charge >= 0.3 is 0 Å². The summed E-state index contributed by atoms with van der Waals surface area (Å²) in [6, 6.07) is 10.9. The molecule has 0 saturated carbocycles. The van der Waals surface area contributed by atoms with E-state index in [2.05, 4.69) is 54.4 Å². The molecule has 104 valence electrons. The van der Waals surface area contributed by atoms with Crippen molar-refractivity contribution in [3.63, 3.8) is 0 Å². The Morgan fingerprint density at radius 3 is 2.84 bits per heavy atom. The van der Waals surface area contributed by atoms with Crippen LogP contribution in [0.4, 0.5) is 0 Å². The SMILES string of the molecule is CCCC[C@@H]1CN(C=Cc2ccccc2)CC[C@@H]1N. The van der Waals surface area contributed by atoms with E-state index in [1.807, 2.05) is 0 Å². The first-order valence-electron chi connectivity index (χ1n) is 7.52. The van der Waals surface area contributed by atoms with Gasteiger partial charge in [0, 0.05) is 19.1 Å². The summed E-state index contributed by atoms with van der Waals surface area (Å²) in [5, 5.41) is 0. The Balaban J connectivity index is 1.89.